The van der Waals surface area contributed by atoms with Gasteiger partial charge in [0.25, 0.3) is 0 Å². The quantitative estimate of drug-likeness (QED) is 0.456. The number of rotatable bonds is 6. The van der Waals surface area contributed by atoms with Gasteiger partial charge in [-0.1, -0.05) is 11.6 Å². The van der Waals surface area contributed by atoms with E-state index in [1.165, 1.54) is 0 Å². The number of Topliss-reactive ketones (excluding diaryl/α,β-unsaturated/α-hetero) is 1. The predicted molar refractivity (Wildman–Crippen MR) is 64.3 cm³/mol. The first-order chi connectivity index (χ1) is 8.86. The van der Waals surface area contributed by atoms with E-state index in [9.17, 15) is 18.0 Å². The average Bonchev–Trinajstić information content (AvgIpc) is 2.33. The Kier molecular flexibility index (Phi) is 5.75. The standard InChI is InChI=1S/C12H13ClF3NO2/c1-2-19-7-3-4-9(18)8-5-6-10(12(14,15)16)17-11(8)13/h5-6H,2-4,7H2,1H3. The van der Waals surface area contributed by atoms with E-state index in [1.807, 2.05) is 6.92 Å². The maximum Gasteiger partial charge on any atom is 0.433 e. The van der Waals surface area contributed by atoms with E-state index in [4.69, 9.17) is 16.3 Å². The summed E-state index contributed by atoms with van der Waals surface area (Å²) in [5.74, 6) is -0.342. The number of aromatic nitrogens is 1. The highest BCUT2D eigenvalue weighted by atomic mass is 35.5. The van der Waals surface area contributed by atoms with Gasteiger partial charge in [-0.05, 0) is 25.5 Å². The summed E-state index contributed by atoms with van der Waals surface area (Å²) in [5, 5.41) is -0.420. The van der Waals surface area contributed by atoms with Crippen LogP contribution in [-0.4, -0.2) is 24.0 Å². The van der Waals surface area contributed by atoms with Crippen LogP contribution in [0.4, 0.5) is 13.2 Å². The third kappa shape index (κ3) is 4.80. The lowest BCUT2D eigenvalue weighted by atomic mass is 10.1. The number of carbonyl (C=O) groups excluding carboxylic acids is 1. The van der Waals surface area contributed by atoms with E-state index in [0.29, 0.717) is 19.6 Å². The van der Waals surface area contributed by atoms with Gasteiger partial charge in [0.05, 0.1) is 5.56 Å². The minimum atomic E-state index is -4.57. The second-order valence-electron chi connectivity index (χ2n) is 3.76. The van der Waals surface area contributed by atoms with E-state index < -0.39 is 17.0 Å². The SMILES string of the molecule is CCOCCCC(=O)c1ccc(C(F)(F)F)nc1Cl. The van der Waals surface area contributed by atoms with Gasteiger partial charge in [0, 0.05) is 19.6 Å². The van der Waals surface area contributed by atoms with Crippen LogP contribution in [0.2, 0.25) is 5.15 Å². The molecule has 1 rings (SSSR count). The average molecular weight is 296 g/mol. The fourth-order valence-electron chi connectivity index (χ4n) is 1.41. The number of pyridine rings is 1. The van der Waals surface area contributed by atoms with Crippen molar-refractivity contribution in [3.8, 4) is 0 Å². The Morgan fingerprint density at radius 1 is 1.42 bits per heavy atom. The van der Waals surface area contributed by atoms with Gasteiger partial charge in [0.1, 0.15) is 10.8 Å². The number of ether oxygens (including phenoxy) is 1. The third-order valence-electron chi connectivity index (χ3n) is 2.34. The lowest BCUT2D eigenvalue weighted by Gasteiger charge is -2.08. The minimum Gasteiger partial charge on any atom is -0.382 e. The number of carbonyl (C=O) groups is 1. The molecule has 1 aromatic heterocycles. The molecule has 0 radical (unpaired) electrons. The summed E-state index contributed by atoms with van der Waals surface area (Å²) in [7, 11) is 0. The van der Waals surface area contributed by atoms with Crippen LogP contribution in [0.3, 0.4) is 0 Å². The van der Waals surface area contributed by atoms with Crippen LogP contribution < -0.4 is 0 Å². The molecule has 0 saturated carbocycles. The van der Waals surface area contributed by atoms with Crippen molar-refractivity contribution in [3.63, 3.8) is 0 Å². The lowest BCUT2D eigenvalue weighted by molar-refractivity contribution is -0.141. The van der Waals surface area contributed by atoms with Gasteiger partial charge in [-0.25, -0.2) is 4.98 Å². The van der Waals surface area contributed by atoms with Crippen LogP contribution in [0, 0.1) is 0 Å². The Labute approximate surface area is 113 Å². The van der Waals surface area contributed by atoms with Gasteiger partial charge in [-0.3, -0.25) is 4.79 Å². The molecule has 0 spiro atoms. The minimum absolute atomic E-state index is 0.00571. The highest BCUT2D eigenvalue weighted by Crippen LogP contribution is 2.29. The normalized spacial score (nSPS) is 11.6. The van der Waals surface area contributed by atoms with Crippen LogP contribution in [0.5, 0.6) is 0 Å². The molecule has 0 aliphatic carbocycles. The largest absolute Gasteiger partial charge is 0.433 e. The maximum atomic E-state index is 12.4. The van der Waals surface area contributed by atoms with Crippen molar-refractivity contribution in [2.75, 3.05) is 13.2 Å². The first-order valence-electron chi connectivity index (χ1n) is 5.71. The van der Waals surface area contributed by atoms with Gasteiger partial charge in [-0.15, -0.1) is 0 Å². The molecule has 19 heavy (non-hydrogen) atoms. The highest BCUT2D eigenvalue weighted by molar-refractivity contribution is 6.32. The second kappa shape index (κ2) is 6.86. The van der Waals surface area contributed by atoms with Crippen molar-refractivity contribution in [3.05, 3.63) is 28.5 Å². The topological polar surface area (TPSA) is 39.2 Å². The maximum absolute atomic E-state index is 12.4. The molecule has 106 valence electrons. The number of ketones is 1. The van der Waals surface area contributed by atoms with Gasteiger partial charge in [0.15, 0.2) is 5.78 Å². The first kappa shape index (κ1) is 15.9. The molecule has 0 N–H and O–H groups in total. The molecule has 1 heterocycles. The molecule has 0 atom stereocenters. The molecule has 0 aliphatic rings. The Morgan fingerprint density at radius 2 is 2.11 bits per heavy atom. The summed E-state index contributed by atoms with van der Waals surface area (Å²) in [4.78, 5) is 14.9. The Morgan fingerprint density at radius 3 is 2.63 bits per heavy atom. The number of nitrogens with zero attached hydrogens (tertiary/aromatic N) is 1. The summed E-state index contributed by atoms with van der Waals surface area (Å²) in [6.45, 7) is 2.81. The number of hydrogen-bond donors (Lipinski definition) is 0. The van der Waals surface area contributed by atoms with Crippen molar-refractivity contribution < 1.29 is 22.7 Å². The van der Waals surface area contributed by atoms with Gasteiger partial charge < -0.3 is 4.74 Å². The monoisotopic (exact) mass is 295 g/mol. The Bertz CT molecular complexity index is 449. The molecular formula is C12H13ClF3NO2. The summed E-state index contributed by atoms with van der Waals surface area (Å²) in [6, 6.07) is 1.81. The molecule has 0 aliphatic heterocycles. The van der Waals surface area contributed by atoms with Crippen molar-refractivity contribution in [2.45, 2.75) is 25.9 Å². The number of alkyl halides is 3. The molecule has 0 saturated heterocycles. The highest BCUT2D eigenvalue weighted by Gasteiger charge is 2.33. The van der Waals surface area contributed by atoms with Gasteiger partial charge in [-0.2, -0.15) is 13.2 Å². The molecule has 0 unspecified atom stereocenters. The van der Waals surface area contributed by atoms with E-state index in [2.05, 4.69) is 4.98 Å². The van der Waals surface area contributed by atoms with Gasteiger partial charge in [0.2, 0.25) is 0 Å². The first-order valence-corrected chi connectivity index (χ1v) is 6.08. The molecule has 0 fully saturated rings. The zero-order valence-electron chi connectivity index (χ0n) is 10.3. The molecule has 1 aromatic rings. The smallest absolute Gasteiger partial charge is 0.382 e. The van der Waals surface area contributed by atoms with Crippen molar-refractivity contribution >= 4 is 17.4 Å². The molecule has 7 heteroatoms. The molecule has 3 nitrogen and oxygen atoms in total. The van der Waals surface area contributed by atoms with Crippen LogP contribution in [0.1, 0.15) is 35.8 Å². The summed E-state index contributed by atoms with van der Waals surface area (Å²) in [6.07, 6.45) is -3.92. The zero-order valence-corrected chi connectivity index (χ0v) is 11.0. The van der Waals surface area contributed by atoms with Crippen molar-refractivity contribution in [2.24, 2.45) is 0 Å². The number of halogens is 4. The van der Waals surface area contributed by atoms with E-state index in [1.54, 1.807) is 0 Å². The molecular weight excluding hydrogens is 283 g/mol. The summed E-state index contributed by atoms with van der Waals surface area (Å²) < 4.78 is 42.2. The summed E-state index contributed by atoms with van der Waals surface area (Å²) in [5.41, 5.74) is -1.10. The number of hydrogen-bond acceptors (Lipinski definition) is 3. The van der Waals surface area contributed by atoms with Crippen molar-refractivity contribution in [1.29, 1.82) is 0 Å². The van der Waals surface area contributed by atoms with E-state index in [0.717, 1.165) is 12.1 Å². The summed E-state index contributed by atoms with van der Waals surface area (Å²) >= 11 is 5.61. The fourth-order valence-corrected chi connectivity index (χ4v) is 1.67. The van der Waals surface area contributed by atoms with Crippen LogP contribution >= 0.6 is 11.6 Å². The van der Waals surface area contributed by atoms with Crippen LogP contribution in [0.25, 0.3) is 0 Å². The van der Waals surface area contributed by atoms with Crippen molar-refractivity contribution in [1.82, 2.24) is 4.98 Å². The van der Waals surface area contributed by atoms with Crippen LogP contribution in [0.15, 0.2) is 12.1 Å². The molecule has 0 amide bonds. The molecule has 0 bridgehead atoms. The second-order valence-corrected chi connectivity index (χ2v) is 4.11. The van der Waals surface area contributed by atoms with E-state index >= 15 is 0 Å². The lowest BCUT2D eigenvalue weighted by Crippen LogP contribution is -2.10. The Hall–Kier alpha value is -1.14. The third-order valence-corrected chi connectivity index (χ3v) is 2.62. The van der Waals surface area contributed by atoms with Crippen LogP contribution in [-0.2, 0) is 10.9 Å². The fraction of sp³-hybridized carbons (Fsp3) is 0.500. The Balaban J connectivity index is 2.71. The zero-order chi connectivity index (χ0) is 14.5. The predicted octanol–water partition coefficient (Wildman–Crippen LogP) is 3.75. The molecule has 0 aromatic carbocycles. The van der Waals surface area contributed by atoms with E-state index in [-0.39, 0.29) is 17.8 Å². The van der Waals surface area contributed by atoms with Gasteiger partial charge >= 0.3 is 6.18 Å².